The molecule has 1 aliphatic heterocycles. The molecule has 2 aromatic heterocycles. The van der Waals surface area contributed by atoms with Crippen molar-refractivity contribution in [2.45, 2.75) is 84.2 Å². The summed E-state index contributed by atoms with van der Waals surface area (Å²) in [4.78, 5) is 20.6. The standard InChI is InChI=1S/C41H49N5O5/c1-10-13-27(3)50-34-23-29(26-42)16-17-32(34)30-14-12-15-31(24-30)33-25-35-43-28(4)36(37(39(47)48-9)51-40(5,6)7)38(46(35)44-33)45-20-18-41(8,19-21-45)49-22-11-2/h10-12,14-17,23-25,27,37H,1-2,13,18-22H2,3-9H3/t27-,37?/m0/s1. The van der Waals surface area contributed by atoms with E-state index >= 15 is 0 Å². The van der Waals surface area contributed by atoms with E-state index < -0.39 is 17.7 Å². The summed E-state index contributed by atoms with van der Waals surface area (Å²) >= 11 is 0. The number of piperidine rings is 1. The number of aryl methyl sites for hydroxylation is 1. The van der Waals surface area contributed by atoms with E-state index in [0.29, 0.717) is 60.0 Å². The minimum absolute atomic E-state index is 0.115. The number of ether oxygens (including phenoxy) is 4. The molecular formula is C41H49N5O5. The summed E-state index contributed by atoms with van der Waals surface area (Å²) in [7, 11) is 1.37. The van der Waals surface area contributed by atoms with Gasteiger partial charge in [0.2, 0.25) is 0 Å². The maximum absolute atomic E-state index is 13.4. The maximum atomic E-state index is 13.4. The molecule has 0 amide bonds. The van der Waals surface area contributed by atoms with Gasteiger partial charge in [-0.2, -0.15) is 14.9 Å². The topological polar surface area (TPSA) is 111 Å². The molecule has 2 atom stereocenters. The Kier molecular flexibility index (Phi) is 11.3. The number of carbonyl (C=O) groups is 1. The molecule has 0 bridgehead atoms. The van der Waals surface area contributed by atoms with Crippen LogP contribution in [0.1, 0.15) is 76.8 Å². The normalized spacial score (nSPS) is 15.5. The molecule has 0 radical (unpaired) electrons. The lowest BCUT2D eigenvalue weighted by Crippen LogP contribution is -2.45. The highest BCUT2D eigenvalue weighted by molar-refractivity contribution is 5.81. The van der Waals surface area contributed by atoms with E-state index in [0.717, 1.165) is 35.3 Å². The van der Waals surface area contributed by atoms with Crippen molar-refractivity contribution < 1.29 is 23.7 Å². The number of carbonyl (C=O) groups excluding carboxylic acids is 1. The number of rotatable bonds is 13. The molecule has 0 aliphatic carbocycles. The average Bonchev–Trinajstić information content (AvgIpc) is 3.53. The Balaban J connectivity index is 1.64. The molecule has 1 aliphatic rings. The van der Waals surface area contributed by atoms with Crippen molar-refractivity contribution in [1.82, 2.24) is 14.6 Å². The molecule has 5 rings (SSSR count). The predicted octanol–water partition coefficient (Wildman–Crippen LogP) is 8.18. The van der Waals surface area contributed by atoms with Gasteiger partial charge in [0, 0.05) is 42.4 Å². The fourth-order valence-electron chi connectivity index (χ4n) is 6.42. The zero-order chi connectivity index (χ0) is 36.9. The fraction of sp³-hybridized carbons (Fsp3) is 0.415. The summed E-state index contributed by atoms with van der Waals surface area (Å²) in [6.45, 7) is 21.2. The van der Waals surface area contributed by atoms with Gasteiger partial charge in [-0.1, -0.05) is 30.4 Å². The zero-order valence-electron chi connectivity index (χ0n) is 30.9. The van der Waals surface area contributed by atoms with Crippen LogP contribution in [0.4, 0.5) is 5.82 Å². The molecule has 3 heterocycles. The molecule has 1 saturated heterocycles. The molecule has 10 nitrogen and oxygen atoms in total. The van der Waals surface area contributed by atoms with Crippen molar-refractivity contribution in [3.8, 4) is 34.2 Å². The molecule has 10 heteroatoms. The third-order valence-corrected chi connectivity index (χ3v) is 9.03. The van der Waals surface area contributed by atoms with E-state index in [9.17, 15) is 10.1 Å². The Morgan fingerprint density at radius 2 is 1.82 bits per heavy atom. The van der Waals surface area contributed by atoms with Crippen LogP contribution in [0.3, 0.4) is 0 Å². The van der Waals surface area contributed by atoms with E-state index in [2.05, 4.69) is 37.1 Å². The fourth-order valence-corrected chi connectivity index (χ4v) is 6.42. The highest BCUT2D eigenvalue weighted by Gasteiger charge is 2.38. The van der Waals surface area contributed by atoms with E-state index in [1.807, 2.05) is 75.5 Å². The lowest BCUT2D eigenvalue weighted by atomic mass is 9.92. The number of aromatic nitrogens is 3. The monoisotopic (exact) mass is 691 g/mol. The van der Waals surface area contributed by atoms with Crippen LogP contribution in [0.2, 0.25) is 0 Å². The first kappa shape index (κ1) is 37.3. The van der Waals surface area contributed by atoms with Crippen molar-refractivity contribution >= 4 is 17.4 Å². The molecule has 2 aromatic carbocycles. The Morgan fingerprint density at radius 1 is 1.10 bits per heavy atom. The molecule has 268 valence electrons. The number of methoxy groups -OCH3 is 1. The molecule has 0 N–H and O–H groups in total. The number of fused-ring (bicyclic) bond motifs is 1. The summed E-state index contributed by atoms with van der Waals surface area (Å²) in [6.07, 6.45) is 4.65. The minimum atomic E-state index is -1.03. The van der Waals surface area contributed by atoms with Gasteiger partial charge in [0.1, 0.15) is 11.6 Å². The van der Waals surface area contributed by atoms with Gasteiger partial charge in [-0.3, -0.25) is 0 Å². The predicted molar refractivity (Wildman–Crippen MR) is 200 cm³/mol. The number of nitrogens with zero attached hydrogens (tertiary/aromatic N) is 5. The van der Waals surface area contributed by atoms with Crippen molar-refractivity contribution in [3.05, 3.63) is 90.7 Å². The molecule has 1 unspecified atom stereocenters. The smallest absolute Gasteiger partial charge is 0.339 e. The zero-order valence-corrected chi connectivity index (χ0v) is 30.9. The van der Waals surface area contributed by atoms with Gasteiger partial charge < -0.3 is 23.8 Å². The molecule has 51 heavy (non-hydrogen) atoms. The largest absolute Gasteiger partial charge is 0.490 e. The highest BCUT2D eigenvalue weighted by Crippen LogP contribution is 2.39. The van der Waals surface area contributed by atoms with Crippen LogP contribution in [0.5, 0.6) is 5.75 Å². The van der Waals surface area contributed by atoms with Crippen molar-refractivity contribution in [1.29, 1.82) is 5.26 Å². The molecule has 1 fully saturated rings. The molecule has 0 saturated carbocycles. The molecule has 0 spiro atoms. The van der Waals surface area contributed by atoms with Crippen molar-refractivity contribution in [3.63, 3.8) is 0 Å². The van der Waals surface area contributed by atoms with Crippen LogP contribution in [0.25, 0.3) is 28.0 Å². The van der Waals surface area contributed by atoms with E-state index in [1.165, 1.54) is 7.11 Å². The average molecular weight is 692 g/mol. The second kappa shape index (κ2) is 15.5. The quantitative estimate of drug-likeness (QED) is 0.101. The van der Waals surface area contributed by atoms with Gasteiger partial charge in [0.15, 0.2) is 11.8 Å². The van der Waals surface area contributed by atoms with E-state index in [4.69, 9.17) is 29.0 Å². The second-order valence-electron chi connectivity index (χ2n) is 14.3. The van der Waals surface area contributed by atoms with Gasteiger partial charge in [-0.15, -0.1) is 13.2 Å². The minimum Gasteiger partial charge on any atom is -0.490 e. The number of nitriles is 1. The first-order valence-corrected chi connectivity index (χ1v) is 17.4. The summed E-state index contributed by atoms with van der Waals surface area (Å²) in [6, 6.07) is 17.7. The summed E-state index contributed by atoms with van der Waals surface area (Å²) in [5, 5.41) is 14.7. The van der Waals surface area contributed by atoms with Crippen LogP contribution >= 0.6 is 0 Å². The number of hydrogen-bond donors (Lipinski definition) is 0. The lowest BCUT2D eigenvalue weighted by Gasteiger charge is -2.41. The van der Waals surface area contributed by atoms with E-state index in [1.54, 1.807) is 18.2 Å². The Bertz CT molecular complexity index is 1940. The second-order valence-corrected chi connectivity index (χ2v) is 14.3. The van der Waals surface area contributed by atoms with Gasteiger partial charge in [0.25, 0.3) is 0 Å². The number of hydrogen-bond acceptors (Lipinski definition) is 9. The van der Waals surface area contributed by atoms with Gasteiger partial charge in [-0.05, 0) is 84.2 Å². The third kappa shape index (κ3) is 8.50. The first-order chi connectivity index (χ1) is 24.3. The number of esters is 1. The Hall–Kier alpha value is -4.98. The summed E-state index contributed by atoms with van der Waals surface area (Å²) in [5.41, 5.74) is 4.85. The van der Waals surface area contributed by atoms with Crippen LogP contribution in [0.15, 0.2) is 73.8 Å². The first-order valence-electron chi connectivity index (χ1n) is 17.4. The number of benzene rings is 2. The SMILES string of the molecule is C=CCOC1(C)CCN(c2c(C(OC(C)(C)C)C(=O)OC)c(C)nc3cc(-c4cccc(-c5ccc(C#N)cc5O[C@@H](C)CC=C)c4)nn23)CC1. The molecular weight excluding hydrogens is 642 g/mol. The van der Waals surface area contributed by atoms with Crippen LogP contribution in [0, 0.1) is 18.3 Å². The van der Waals surface area contributed by atoms with Crippen molar-refractivity contribution in [2.24, 2.45) is 0 Å². The summed E-state index contributed by atoms with van der Waals surface area (Å²) in [5.74, 6) is 0.862. The number of anilines is 1. The lowest BCUT2D eigenvalue weighted by molar-refractivity contribution is -0.164. The van der Waals surface area contributed by atoms with Crippen LogP contribution < -0.4 is 9.64 Å². The highest BCUT2D eigenvalue weighted by atomic mass is 16.6. The van der Waals surface area contributed by atoms with Crippen molar-refractivity contribution in [2.75, 3.05) is 31.7 Å². The Morgan fingerprint density at radius 3 is 2.47 bits per heavy atom. The van der Waals surface area contributed by atoms with E-state index in [-0.39, 0.29) is 11.7 Å². The van der Waals surface area contributed by atoms with Crippen LogP contribution in [-0.2, 0) is 19.0 Å². The van der Waals surface area contributed by atoms with Gasteiger partial charge >= 0.3 is 5.97 Å². The van der Waals surface area contributed by atoms with Crippen LogP contribution in [-0.4, -0.2) is 64.7 Å². The third-order valence-electron chi connectivity index (χ3n) is 9.03. The maximum Gasteiger partial charge on any atom is 0.339 e. The van der Waals surface area contributed by atoms with Gasteiger partial charge in [-0.25, -0.2) is 9.78 Å². The molecule has 4 aromatic rings. The summed E-state index contributed by atoms with van der Waals surface area (Å²) < 4.78 is 26.0. The Labute approximate surface area is 301 Å². The van der Waals surface area contributed by atoms with Gasteiger partial charge in [0.05, 0.1) is 53.9 Å².